The van der Waals surface area contributed by atoms with Gasteiger partial charge in [0.1, 0.15) is 5.75 Å². The van der Waals surface area contributed by atoms with Crippen molar-refractivity contribution >= 4 is 17.6 Å². The third kappa shape index (κ3) is 2.81. The predicted molar refractivity (Wildman–Crippen MR) is 66.0 cm³/mol. The molecule has 0 aliphatic heterocycles. The minimum absolute atomic E-state index is 0.00794. The van der Waals surface area contributed by atoms with Crippen molar-refractivity contribution < 1.29 is 14.6 Å². The van der Waals surface area contributed by atoms with Crippen molar-refractivity contribution in [2.45, 2.75) is 13.7 Å². The number of ether oxygens (including phenoxy) is 1. The zero-order chi connectivity index (χ0) is 13.1. The van der Waals surface area contributed by atoms with Gasteiger partial charge < -0.3 is 9.84 Å². The Morgan fingerprint density at radius 2 is 2.28 bits per heavy atom. The average Bonchev–Trinajstić information content (AvgIpc) is 2.76. The van der Waals surface area contributed by atoms with Crippen molar-refractivity contribution in [3.8, 4) is 5.75 Å². The highest BCUT2D eigenvalue weighted by Crippen LogP contribution is 2.21. The van der Waals surface area contributed by atoms with Crippen molar-refractivity contribution in [3.63, 3.8) is 0 Å². The molecule has 1 aromatic heterocycles. The zero-order valence-electron chi connectivity index (χ0n) is 9.63. The minimum Gasteiger partial charge on any atom is -0.476 e. The van der Waals surface area contributed by atoms with E-state index in [4.69, 9.17) is 21.4 Å². The van der Waals surface area contributed by atoms with Crippen LogP contribution >= 0.6 is 11.6 Å². The Kier molecular flexibility index (Phi) is 3.53. The Balaban J connectivity index is 2.04. The Hall–Kier alpha value is -2.01. The lowest BCUT2D eigenvalue weighted by Crippen LogP contribution is -2.08. The van der Waals surface area contributed by atoms with E-state index in [9.17, 15) is 4.79 Å². The number of carboxylic acids is 1. The van der Waals surface area contributed by atoms with Crippen molar-refractivity contribution in [3.05, 3.63) is 46.7 Å². The van der Waals surface area contributed by atoms with Gasteiger partial charge in [-0.1, -0.05) is 11.6 Å². The van der Waals surface area contributed by atoms with E-state index in [2.05, 4.69) is 5.10 Å². The molecule has 94 valence electrons. The molecule has 0 bridgehead atoms. The quantitative estimate of drug-likeness (QED) is 0.924. The lowest BCUT2D eigenvalue weighted by Gasteiger charge is -2.09. The van der Waals surface area contributed by atoms with Crippen LogP contribution in [0.5, 0.6) is 5.75 Å². The number of aryl methyl sites for hydroxylation is 1. The van der Waals surface area contributed by atoms with Crippen LogP contribution in [-0.2, 0) is 6.73 Å². The third-order valence-corrected chi connectivity index (χ3v) is 2.58. The van der Waals surface area contributed by atoms with E-state index in [0.717, 1.165) is 5.56 Å². The van der Waals surface area contributed by atoms with Gasteiger partial charge in [0, 0.05) is 11.2 Å². The van der Waals surface area contributed by atoms with Crippen LogP contribution in [0.3, 0.4) is 0 Å². The van der Waals surface area contributed by atoms with Crippen LogP contribution in [0, 0.1) is 6.92 Å². The molecule has 0 fully saturated rings. The van der Waals surface area contributed by atoms with Gasteiger partial charge in [0.05, 0.1) is 0 Å². The third-order valence-electron chi connectivity index (χ3n) is 2.35. The largest absolute Gasteiger partial charge is 0.476 e. The van der Waals surface area contributed by atoms with E-state index in [-0.39, 0.29) is 12.4 Å². The van der Waals surface area contributed by atoms with Gasteiger partial charge in [-0.15, -0.1) is 0 Å². The first-order valence-electron chi connectivity index (χ1n) is 5.22. The molecule has 1 heterocycles. The Morgan fingerprint density at radius 1 is 1.50 bits per heavy atom. The summed E-state index contributed by atoms with van der Waals surface area (Å²) in [6.07, 6.45) is 1.55. The van der Waals surface area contributed by atoms with Gasteiger partial charge >= 0.3 is 5.97 Å². The normalized spacial score (nSPS) is 10.3. The number of hydrogen-bond acceptors (Lipinski definition) is 3. The van der Waals surface area contributed by atoms with E-state index >= 15 is 0 Å². The van der Waals surface area contributed by atoms with E-state index < -0.39 is 5.97 Å². The van der Waals surface area contributed by atoms with E-state index in [1.165, 1.54) is 10.7 Å². The van der Waals surface area contributed by atoms with Crippen LogP contribution in [0.25, 0.3) is 0 Å². The van der Waals surface area contributed by atoms with Crippen molar-refractivity contribution in [2.75, 3.05) is 0 Å². The maximum Gasteiger partial charge on any atom is 0.356 e. The lowest BCUT2D eigenvalue weighted by molar-refractivity contribution is 0.0688. The molecule has 1 aromatic carbocycles. The van der Waals surface area contributed by atoms with Gasteiger partial charge in [0.25, 0.3) is 0 Å². The second-order valence-corrected chi connectivity index (χ2v) is 4.17. The number of nitrogens with zero attached hydrogens (tertiary/aromatic N) is 2. The molecular formula is C12H11ClN2O3. The molecule has 0 amide bonds. The molecule has 0 unspecified atom stereocenters. The molecule has 0 aliphatic rings. The maximum absolute atomic E-state index is 10.6. The van der Waals surface area contributed by atoms with Gasteiger partial charge in [-0.25, -0.2) is 9.48 Å². The molecule has 0 aliphatic carbocycles. The molecule has 2 rings (SSSR count). The van der Waals surface area contributed by atoms with Crippen LogP contribution in [0.2, 0.25) is 5.02 Å². The number of hydrogen-bond donors (Lipinski definition) is 1. The maximum atomic E-state index is 10.6. The molecule has 6 heteroatoms. The van der Waals surface area contributed by atoms with Gasteiger partial charge in [-0.2, -0.15) is 5.10 Å². The first kappa shape index (κ1) is 12.4. The fourth-order valence-electron chi connectivity index (χ4n) is 1.46. The summed E-state index contributed by atoms with van der Waals surface area (Å²) in [6, 6.07) is 6.71. The fraction of sp³-hybridized carbons (Fsp3) is 0.167. The van der Waals surface area contributed by atoms with E-state index in [1.807, 2.05) is 6.92 Å². The van der Waals surface area contributed by atoms with Crippen LogP contribution in [0.15, 0.2) is 30.5 Å². The van der Waals surface area contributed by atoms with Gasteiger partial charge in [0.2, 0.25) is 0 Å². The second-order valence-electron chi connectivity index (χ2n) is 3.73. The molecule has 0 radical (unpaired) electrons. The number of aromatic nitrogens is 2. The number of carbonyl (C=O) groups is 1. The number of aromatic carboxylic acids is 1. The monoisotopic (exact) mass is 266 g/mol. The minimum atomic E-state index is -1.06. The van der Waals surface area contributed by atoms with Crippen LogP contribution < -0.4 is 4.74 Å². The molecule has 0 saturated carbocycles. The molecular weight excluding hydrogens is 256 g/mol. The molecule has 5 nitrogen and oxygen atoms in total. The van der Waals surface area contributed by atoms with Crippen LogP contribution in [0.1, 0.15) is 16.1 Å². The van der Waals surface area contributed by atoms with Crippen LogP contribution in [0.4, 0.5) is 0 Å². The van der Waals surface area contributed by atoms with E-state index in [0.29, 0.717) is 10.8 Å². The number of carboxylic acid groups (broad SMARTS) is 1. The highest BCUT2D eigenvalue weighted by atomic mass is 35.5. The summed E-state index contributed by atoms with van der Waals surface area (Å²) in [5.41, 5.74) is 0.902. The Morgan fingerprint density at radius 3 is 2.89 bits per heavy atom. The average molecular weight is 267 g/mol. The van der Waals surface area contributed by atoms with Crippen molar-refractivity contribution in [2.24, 2.45) is 0 Å². The first-order valence-corrected chi connectivity index (χ1v) is 5.60. The van der Waals surface area contributed by atoms with Gasteiger partial charge in [0.15, 0.2) is 12.4 Å². The number of rotatable bonds is 4. The number of benzene rings is 1. The topological polar surface area (TPSA) is 64.3 Å². The summed E-state index contributed by atoms with van der Waals surface area (Å²) in [6.45, 7) is 2.03. The number of halogens is 1. The summed E-state index contributed by atoms with van der Waals surface area (Å²) in [7, 11) is 0. The molecule has 18 heavy (non-hydrogen) atoms. The summed E-state index contributed by atoms with van der Waals surface area (Å²) in [5, 5.41) is 13.2. The Bertz CT molecular complexity index is 580. The van der Waals surface area contributed by atoms with Crippen LogP contribution in [-0.4, -0.2) is 20.9 Å². The fourth-order valence-corrected chi connectivity index (χ4v) is 1.68. The van der Waals surface area contributed by atoms with Gasteiger partial charge in [-0.3, -0.25) is 0 Å². The summed E-state index contributed by atoms with van der Waals surface area (Å²) < 4.78 is 6.93. The van der Waals surface area contributed by atoms with Gasteiger partial charge in [-0.05, 0) is 36.8 Å². The summed E-state index contributed by atoms with van der Waals surface area (Å²) in [4.78, 5) is 10.6. The predicted octanol–water partition coefficient (Wildman–Crippen LogP) is 2.58. The standard InChI is InChI=1S/C12H11ClN2O3/c1-8-6-9(13)2-3-11(8)18-7-15-5-4-10(14-15)12(16)17/h2-6H,7H2,1H3,(H,16,17). The summed E-state index contributed by atoms with van der Waals surface area (Å²) >= 11 is 5.83. The smallest absolute Gasteiger partial charge is 0.356 e. The first-order chi connectivity index (χ1) is 8.56. The molecule has 0 saturated heterocycles. The highest BCUT2D eigenvalue weighted by Gasteiger charge is 2.07. The Labute approximate surface area is 109 Å². The molecule has 1 N–H and O–H groups in total. The van der Waals surface area contributed by atoms with Crippen molar-refractivity contribution in [1.82, 2.24) is 9.78 Å². The zero-order valence-corrected chi connectivity index (χ0v) is 10.4. The second kappa shape index (κ2) is 5.10. The molecule has 0 spiro atoms. The molecule has 0 atom stereocenters. The van der Waals surface area contributed by atoms with E-state index in [1.54, 1.807) is 24.4 Å². The molecule has 2 aromatic rings. The van der Waals surface area contributed by atoms with Crippen molar-refractivity contribution in [1.29, 1.82) is 0 Å². The lowest BCUT2D eigenvalue weighted by atomic mass is 10.2. The SMILES string of the molecule is Cc1cc(Cl)ccc1OCn1ccc(C(=O)O)n1. The highest BCUT2D eigenvalue weighted by molar-refractivity contribution is 6.30. The summed E-state index contributed by atoms with van der Waals surface area (Å²) in [5.74, 6) is -0.372.